The van der Waals surface area contributed by atoms with Crippen LogP contribution in [0.25, 0.3) is 5.52 Å². The van der Waals surface area contributed by atoms with Gasteiger partial charge in [0.05, 0.1) is 18.7 Å². The summed E-state index contributed by atoms with van der Waals surface area (Å²) >= 11 is 0. The molecule has 3 rings (SSSR count). The standard InChI is InChI=1S/C20H29N5O3/c1-3-4-9-23(2)20(27)17-16-7-5-6-10-25(16)18(22-17)19(26)21-8-11-24-12-14-28-15-13-24/h5-7,10H,3-4,8-9,11-15H2,1-2H3,(H,21,26). The summed E-state index contributed by atoms with van der Waals surface area (Å²) < 4.78 is 7.02. The van der Waals surface area contributed by atoms with Crippen LogP contribution >= 0.6 is 0 Å². The van der Waals surface area contributed by atoms with E-state index in [1.807, 2.05) is 18.2 Å². The van der Waals surface area contributed by atoms with E-state index in [4.69, 9.17) is 4.74 Å². The van der Waals surface area contributed by atoms with Crippen molar-refractivity contribution in [2.45, 2.75) is 19.8 Å². The summed E-state index contributed by atoms with van der Waals surface area (Å²) in [6.45, 7) is 7.28. The zero-order valence-electron chi connectivity index (χ0n) is 16.7. The van der Waals surface area contributed by atoms with E-state index in [9.17, 15) is 9.59 Å². The number of hydrogen-bond acceptors (Lipinski definition) is 5. The van der Waals surface area contributed by atoms with Crippen molar-refractivity contribution in [3.63, 3.8) is 0 Å². The fourth-order valence-corrected chi connectivity index (χ4v) is 3.26. The summed E-state index contributed by atoms with van der Waals surface area (Å²) in [6, 6.07) is 5.49. The number of carbonyl (C=O) groups is 2. The van der Waals surface area contributed by atoms with Gasteiger partial charge in [0.1, 0.15) is 0 Å². The highest BCUT2D eigenvalue weighted by Gasteiger charge is 2.23. The Morgan fingerprint density at radius 3 is 2.82 bits per heavy atom. The second-order valence-electron chi connectivity index (χ2n) is 7.03. The first-order valence-corrected chi connectivity index (χ1v) is 9.92. The van der Waals surface area contributed by atoms with Crippen LogP contribution in [0.4, 0.5) is 0 Å². The SMILES string of the molecule is CCCCN(C)C(=O)c1nc(C(=O)NCCN2CCOCC2)n2ccccc12. The highest BCUT2D eigenvalue weighted by molar-refractivity contribution is 6.02. The minimum absolute atomic E-state index is 0.162. The average Bonchev–Trinajstić information content (AvgIpc) is 3.12. The topological polar surface area (TPSA) is 79.2 Å². The molecule has 0 spiro atoms. The molecule has 0 saturated carbocycles. The van der Waals surface area contributed by atoms with Crippen molar-refractivity contribution in [3.8, 4) is 0 Å². The van der Waals surface area contributed by atoms with Crippen LogP contribution in [0.5, 0.6) is 0 Å². The first-order valence-electron chi connectivity index (χ1n) is 9.92. The molecule has 3 heterocycles. The predicted octanol–water partition coefficient (Wildman–Crippen LogP) is 1.27. The summed E-state index contributed by atoms with van der Waals surface area (Å²) in [7, 11) is 1.77. The first-order chi connectivity index (χ1) is 13.6. The number of nitrogens with zero attached hydrogens (tertiary/aromatic N) is 4. The molecule has 1 saturated heterocycles. The molecule has 0 aliphatic carbocycles. The fraction of sp³-hybridized carbons (Fsp3) is 0.550. The van der Waals surface area contributed by atoms with E-state index in [0.29, 0.717) is 24.3 Å². The highest BCUT2D eigenvalue weighted by Crippen LogP contribution is 2.15. The molecule has 0 radical (unpaired) electrons. The quantitative estimate of drug-likeness (QED) is 0.738. The third-order valence-electron chi connectivity index (χ3n) is 4.97. The van der Waals surface area contributed by atoms with Gasteiger partial charge in [0.2, 0.25) is 5.82 Å². The second-order valence-corrected chi connectivity index (χ2v) is 7.03. The zero-order valence-corrected chi connectivity index (χ0v) is 16.7. The molecular formula is C20H29N5O3. The van der Waals surface area contributed by atoms with Crippen molar-refractivity contribution in [2.24, 2.45) is 0 Å². The van der Waals surface area contributed by atoms with Crippen molar-refractivity contribution >= 4 is 17.3 Å². The normalized spacial score (nSPS) is 14.9. The zero-order chi connectivity index (χ0) is 19.9. The van der Waals surface area contributed by atoms with Gasteiger partial charge in [-0.05, 0) is 18.6 Å². The Balaban J connectivity index is 1.72. The molecule has 2 aromatic rings. The van der Waals surface area contributed by atoms with Gasteiger partial charge in [0.25, 0.3) is 11.8 Å². The Hall–Kier alpha value is -2.45. The van der Waals surface area contributed by atoms with Crippen LogP contribution in [0.3, 0.4) is 0 Å². The first kappa shape index (κ1) is 20.3. The van der Waals surface area contributed by atoms with Gasteiger partial charge in [-0.3, -0.25) is 18.9 Å². The smallest absolute Gasteiger partial charge is 0.287 e. The number of carbonyl (C=O) groups excluding carboxylic acids is 2. The van der Waals surface area contributed by atoms with Crippen LogP contribution in [0, 0.1) is 0 Å². The van der Waals surface area contributed by atoms with Crippen LogP contribution in [-0.4, -0.2) is 84.0 Å². The van der Waals surface area contributed by atoms with E-state index >= 15 is 0 Å². The number of nitrogens with one attached hydrogen (secondary N) is 1. The molecule has 1 N–H and O–H groups in total. The van der Waals surface area contributed by atoms with Gasteiger partial charge in [0.15, 0.2) is 5.69 Å². The third-order valence-corrected chi connectivity index (χ3v) is 4.97. The average molecular weight is 387 g/mol. The van der Waals surface area contributed by atoms with Gasteiger partial charge in [0, 0.05) is 46.0 Å². The lowest BCUT2D eigenvalue weighted by Crippen LogP contribution is -2.41. The molecule has 8 nitrogen and oxygen atoms in total. The predicted molar refractivity (Wildman–Crippen MR) is 107 cm³/mol. The van der Waals surface area contributed by atoms with E-state index in [1.165, 1.54) is 0 Å². The lowest BCUT2D eigenvalue weighted by Gasteiger charge is -2.26. The second kappa shape index (κ2) is 9.66. The lowest BCUT2D eigenvalue weighted by molar-refractivity contribution is 0.0383. The molecule has 2 amide bonds. The molecule has 152 valence electrons. The molecule has 2 aromatic heterocycles. The van der Waals surface area contributed by atoms with Gasteiger partial charge in [-0.2, -0.15) is 0 Å². The molecule has 28 heavy (non-hydrogen) atoms. The Kier molecular flexibility index (Phi) is 7.00. The maximum absolute atomic E-state index is 12.8. The molecule has 0 atom stereocenters. The van der Waals surface area contributed by atoms with Crippen LogP contribution in [0.2, 0.25) is 0 Å². The number of morpholine rings is 1. The Morgan fingerprint density at radius 2 is 2.07 bits per heavy atom. The summed E-state index contributed by atoms with van der Waals surface area (Å²) in [4.78, 5) is 33.9. The van der Waals surface area contributed by atoms with Crippen LogP contribution in [0.15, 0.2) is 24.4 Å². The minimum Gasteiger partial charge on any atom is -0.379 e. The number of hydrogen-bond donors (Lipinski definition) is 1. The molecule has 1 fully saturated rings. The molecule has 1 aliphatic heterocycles. The summed E-state index contributed by atoms with van der Waals surface area (Å²) in [5.41, 5.74) is 0.965. The number of rotatable bonds is 8. The highest BCUT2D eigenvalue weighted by atomic mass is 16.5. The van der Waals surface area contributed by atoms with Crippen LogP contribution in [0.1, 0.15) is 40.9 Å². The van der Waals surface area contributed by atoms with Gasteiger partial charge < -0.3 is 15.0 Å². The maximum Gasteiger partial charge on any atom is 0.287 e. The number of amides is 2. The van der Waals surface area contributed by atoms with E-state index < -0.39 is 0 Å². The monoisotopic (exact) mass is 387 g/mol. The van der Waals surface area contributed by atoms with E-state index in [1.54, 1.807) is 22.5 Å². The van der Waals surface area contributed by atoms with Crippen molar-refractivity contribution < 1.29 is 14.3 Å². The van der Waals surface area contributed by atoms with Gasteiger partial charge in [-0.15, -0.1) is 0 Å². The van der Waals surface area contributed by atoms with Crippen molar-refractivity contribution in [2.75, 3.05) is 53.0 Å². The van der Waals surface area contributed by atoms with Gasteiger partial charge in [-0.25, -0.2) is 4.98 Å². The van der Waals surface area contributed by atoms with Crippen molar-refractivity contribution in [1.82, 2.24) is 24.5 Å². The molecule has 0 bridgehead atoms. The number of aromatic nitrogens is 2. The number of imidazole rings is 1. The summed E-state index contributed by atoms with van der Waals surface area (Å²) in [5.74, 6) is -0.195. The Labute approximate surface area is 165 Å². The number of ether oxygens (including phenoxy) is 1. The van der Waals surface area contributed by atoms with Crippen molar-refractivity contribution in [3.05, 3.63) is 35.9 Å². The van der Waals surface area contributed by atoms with Crippen LogP contribution < -0.4 is 5.32 Å². The number of fused-ring (bicyclic) bond motifs is 1. The van der Waals surface area contributed by atoms with Gasteiger partial charge in [-0.1, -0.05) is 19.4 Å². The van der Waals surface area contributed by atoms with Crippen LogP contribution in [-0.2, 0) is 4.74 Å². The van der Waals surface area contributed by atoms with Crippen molar-refractivity contribution in [1.29, 1.82) is 0 Å². The summed E-state index contributed by atoms with van der Waals surface area (Å²) in [6.07, 6.45) is 3.71. The van der Waals surface area contributed by atoms with E-state index in [0.717, 1.165) is 45.7 Å². The molecule has 0 aromatic carbocycles. The fourth-order valence-electron chi connectivity index (χ4n) is 3.26. The lowest BCUT2D eigenvalue weighted by atomic mass is 10.2. The van der Waals surface area contributed by atoms with E-state index in [2.05, 4.69) is 22.1 Å². The third kappa shape index (κ3) is 4.69. The number of pyridine rings is 1. The molecule has 0 unspecified atom stereocenters. The van der Waals surface area contributed by atoms with E-state index in [-0.39, 0.29) is 17.6 Å². The van der Waals surface area contributed by atoms with Gasteiger partial charge >= 0.3 is 0 Å². The Morgan fingerprint density at radius 1 is 1.29 bits per heavy atom. The maximum atomic E-state index is 12.8. The minimum atomic E-state index is -0.273. The number of unbranched alkanes of at least 4 members (excludes halogenated alkanes) is 1. The summed E-state index contributed by atoms with van der Waals surface area (Å²) in [5, 5.41) is 2.92. The molecular weight excluding hydrogens is 358 g/mol. The molecule has 8 heteroatoms. The largest absolute Gasteiger partial charge is 0.379 e. The Bertz CT molecular complexity index is 813. The molecule has 1 aliphatic rings.